The van der Waals surface area contributed by atoms with Crippen LogP contribution in [0.5, 0.6) is 0 Å². The van der Waals surface area contributed by atoms with Crippen molar-refractivity contribution in [2.45, 2.75) is 34.6 Å². The third-order valence-corrected chi connectivity index (χ3v) is 1.24. The average molecular weight is 178 g/mol. The van der Waals surface area contributed by atoms with Crippen molar-refractivity contribution in [2.75, 3.05) is 0 Å². The van der Waals surface area contributed by atoms with Crippen LogP contribution in [0.25, 0.3) is 0 Å². The van der Waals surface area contributed by atoms with Gasteiger partial charge in [-0.1, -0.05) is 48.1 Å². The Balaban J connectivity index is 0. The van der Waals surface area contributed by atoms with Gasteiger partial charge < -0.3 is 0 Å². The number of allylic oxidation sites excluding steroid dienone is 7. The predicted octanol–water partition coefficient (Wildman–Crippen LogP) is 4.67. The molecular weight excluding hydrogens is 156 g/mol. The van der Waals surface area contributed by atoms with Gasteiger partial charge in [0, 0.05) is 0 Å². The van der Waals surface area contributed by atoms with Crippen molar-refractivity contribution >= 4 is 0 Å². The Morgan fingerprint density at radius 2 is 1.38 bits per heavy atom. The van der Waals surface area contributed by atoms with Crippen LogP contribution in [-0.4, -0.2) is 0 Å². The van der Waals surface area contributed by atoms with Crippen molar-refractivity contribution in [3.05, 3.63) is 48.1 Å². The highest BCUT2D eigenvalue weighted by molar-refractivity contribution is 5.24. The summed E-state index contributed by atoms with van der Waals surface area (Å²) in [5.41, 5.74) is 2.36. The van der Waals surface area contributed by atoms with Gasteiger partial charge in [0.2, 0.25) is 0 Å². The van der Waals surface area contributed by atoms with Crippen molar-refractivity contribution in [1.82, 2.24) is 0 Å². The lowest BCUT2D eigenvalue weighted by atomic mass is 10.2. The molecule has 13 heavy (non-hydrogen) atoms. The Hall–Kier alpha value is -1.04. The second-order valence-corrected chi connectivity index (χ2v) is 2.90. The molecular formula is C13H22. The van der Waals surface area contributed by atoms with Gasteiger partial charge >= 0.3 is 0 Å². The van der Waals surface area contributed by atoms with E-state index in [-0.39, 0.29) is 0 Å². The van der Waals surface area contributed by atoms with E-state index >= 15 is 0 Å². The lowest BCUT2D eigenvalue weighted by Crippen LogP contribution is -1.68. The monoisotopic (exact) mass is 178 g/mol. The maximum absolute atomic E-state index is 3.77. The predicted molar refractivity (Wildman–Crippen MR) is 63.9 cm³/mol. The van der Waals surface area contributed by atoms with E-state index in [1.165, 1.54) is 5.57 Å². The fourth-order valence-corrected chi connectivity index (χ4v) is 0.700. The van der Waals surface area contributed by atoms with Gasteiger partial charge in [-0.05, 0) is 34.6 Å². The lowest BCUT2D eigenvalue weighted by molar-refractivity contribution is 1.44. The Labute approximate surface area is 83.4 Å². The van der Waals surface area contributed by atoms with Gasteiger partial charge in [-0.15, -0.1) is 0 Å². The molecule has 0 aliphatic rings. The molecule has 0 N–H and O–H groups in total. The van der Waals surface area contributed by atoms with Gasteiger partial charge in [0.15, 0.2) is 0 Å². The normalized spacial score (nSPS) is 11.6. The molecule has 0 rings (SSSR count). The summed E-state index contributed by atoms with van der Waals surface area (Å²) in [6, 6.07) is 0. The molecule has 0 bridgehead atoms. The Morgan fingerprint density at radius 3 is 1.62 bits per heavy atom. The van der Waals surface area contributed by atoms with Crippen LogP contribution in [-0.2, 0) is 0 Å². The van der Waals surface area contributed by atoms with E-state index in [0.29, 0.717) is 0 Å². The summed E-state index contributed by atoms with van der Waals surface area (Å²) in [4.78, 5) is 0. The van der Waals surface area contributed by atoms with Crippen LogP contribution in [0.4, 0.5) is 0 Å². The zero-order valence-electron chi connectivity index (χ0n) is 9.59. The summed E-state index contributed by atoms with van der Waals surface area (Å²) < 4.78 is 0. The van der Waals surface area contributed by atoms with Crippen molar-refractivity contribution < 1.29 is 0 Å². The molecule has 0 aromatic heterocycles. The van der Waals surface area contributed by atoms with Crippen LogP contribution in [0, 0.1) is 0 Å². The van der Waals surface area contributed by atoms with Crippen LogP contribution < -0.4 is 0 Å². The van der Waals surface area contributed by atoms with E-state index in [9.17, 15) is 0 Å². The fourth-order valence-electron chi connectivity index (χ4n) is 0.700. The van der Waals surface area contributed by atoms with E-state index < -0.39 is 0 Å². The Morgan fingerprint density at radius 1 is 0.923 bits per heavy atom. The van der Waals surface area contributed by atoms with Gasteiger partial charge in [-0.3, -0.25) is 0 Å². The Bertz CT molecular complexity index is 198. The van der Waals surface area contributed by atoms with Crippen LogP contribution in [0.2, 0.25) is 0 Å². The van der Waals surface area contributed by atoms with Crippen molar-refractivity contribution in [1.29, 1.82) is 0 Å². The van der Waals surface area contributed by atoms with Crippen molar-refractivity contribution in [3.63, 3.8) is 0 Å². The summed E-state index contributed by atoms with van der Waals surface area (Å²) in [5, 5.41) is 0. The minimum atomic E-state index is 1.10. The van der Waals surface area contributed by atoms with E-state index in [1.807, 2.05) is 45.9 Å². The van der Waals surface area contributed by atoms with Crippen molar-refractivity contribution in [2.24, 2.45) is 0 Å². The topological polar surface area (TPSA) is 0 Å². The molecule has 0 aliphatic carbocycles. The molecule has 0 nitrogen and oxygen atoms in total. The summed E-state index contributed by atoms with van der Waals surface area (Å²) in [5.74, 6) is 0. The first-order chi connectivity index (χ1) is 6.08. The molecule has 0 radical (unpaired) electrons. The molecule has 0 heteroatoms. The zero-order chi connectivity index (χ0) is 10.7. The molecule has 0 amide bonds. The molecule has 74 valence electrons. The molecule has 0 aromatic carbocycles. The van der Waals surface area contributed by atoms with Crippen molar-refractivity contribution in [3.8, 4) is 0 Å². The highest BCUT2D eigenvalue weighted by atomic mass is 13.8. The smallest absolute Gasteiger partial charge is 0.0398 e. The molecule has 0 atom stereocenters. The maximum Gasteiger partial charge on any atom is -0.0398 e. The van der Waals surface area contributed by atoms with Gasteiger partial charge in [0.25, 0.3) is 0 Å². The minimum absolute atomic E-state index is 1.10. The van der Waals surface area contributed by atoms with Crippen LogP contribution in [0.3, 0.4) is 0 Å². The maximum atomic E-state index is 3.77. The molecule has 0 unspecified atom stereocenters. The van der Waals surface area contributed by atoms with Gasteiger partial charge in [-0.25, -0.2) is 0 Å². The second-order valence-electron chi connectivity index (χ2n) is 2.90. The highest BCUT2D eigenvalue weighted by Crippen LogP contribution is 1.99. The first-order valence-corrected chi connectivity index (χ1v) is 4.62. The molecule has 0 aliphatic heterocycles. The average Bonchev–Trinajstić information content (AvgIpc) is 2.04. The summed E-state index contributed by atoms with van der Waals surface area (Å²) in [7, 11) is 0. The minimum Gasteiger partial charge on any atom is -0.0961 e. The first-order valence-electron chi connectivity index (χ1n) is 4.62. The standard InChI is InChI=1S/C9H14.C4H8/c1-5-6-9(4)7-8(2)3;1-3-4-2/h5-7H,2H2,1,3-4H3;3-4H,1-2H3/b6-5-,9-7-;4-3-. The third-order valence-electron chi connectivity index (χ3n) is 1.24. The molecule has 0 aromatic rings. The van der Waals surface area contributed by atoms with E-state index in [4.69, 9.17) is 0 Å². The summed E-state index contributed by atoms with van der Waals surface area (Å²) in [6.45, 7) is 13.8. The molecule has 0 fully saturated rings. The lowest BCUT2D eigenvalue weighted by Gasteiger charge is -1.89. The molecule has 0 spiro atoms. The number of hydrogen-bond acceptors (Lipinski definition) is 0. The second kappa shape index (κ2) is 11.0. The van der Waals surface area contributed by atoms with Gasteiger partial charge in [0.05, 0.1) is 0 Å². The zero-order valence-corrected chi connectivity index (χ0v) is 9.59. The molecule has 0 heterocycles. The summed E-state index contributed by atoms with van der Waals surface area (Å²) in [6.07, 6.45) is 10.1. The largest absolute Gasteiger partial charge is 0.0961 e. The SMILES string of the molecule is C/C=C\C.C=C(C)/C=C(C)\C=C/C. The van der Waals surface area contributed by atoms with Gasteiger partial charge in [0.1, 0.15) is 0 Å². The highest BCUT2D eigenvalue weighted by Gasteiger charge is 1.78. The molecule has 0 saturated carbocycles. The van der Waals surface area contributed by atoms with Crippen LogP contribution in [0.15, 0.2) is 48.1 Å². The number of rotatable bonds is 2. The molecule has 0 saturated heterocycles. The van der Waals surface area contributed by atoms with Crippen LogP contribution >= 0.6 is 0 Å². The summed E-state index contributed by atoms with van der Waals surface area (Å²) >= 11 is 0. The first kappa shape index (κ1) is 14.5. The fraction of sp³-hybridized carbons (Fsp3) is 0.385. The van der Waals surface area contributed by atoms with Crippen LogP contribution in [0.1, 0.15) is 34.6 Å². The third kappa shape index (κ3) is 18.2. The number of hydrogen-bond donors (Lipinski definition) is 0. The Kier molecular flexibility index (Phi) is 12.2. The van der Waals surface area contributed by atoms with Gasteiger partial charge in [-0.2, -0.15) is 0 Å². The van der Waals surface area contributed by atoms with E-state index in [1.54, 1.807) is 0 Å². The quantitative estimate of drug-likeness (QED) is 0.426. The van der Waals surface area contributed by atoms with E-state index in [2.05, 4.69) is 25.7 Å². The van der Waals surface area contributed by atoms with E-state index in [0.717, 1.165) is 5.57 Å².